The predicted octanol–water partition coefficient (Wildman–Crippen LogP) is 6.88. The molecular formula is C39H44BrF4N7O4. The van der Waals surface area contributed by atoms with Crippen LogP contribution in [-0.2, 0) is 43.0 Å². The molecule has 2 unspecified atom stereocenters. The van der Waals surface area contributed by atoms with Crippen LogP contribution in [0.15, 0.2) is 50.9 Å². The molecule has 2 aromatic rings. The van der Waals surface area contributed by atoms with Gasteiger partial charge in [-0.1, -0.05) is 40.2 Å². The van der Waals surface area contributed by atoms with E-state index in [2.05, 4.69) is 25.8 Å². The fourth-order valence-corrected chi connectivity index (χ4v) is 10.7. The van der Waals surface area contributed by atoms with Crippen LogP contribution in [0.1, 0.15) is 87.5 Å². The highest BCUT2D eigenvalue weighted by atomic mass is 79.9. The quantitative estimate of drug-likeness (QED) is 0.249. The molecule has 294 valence electrons. The van der Waals surface area contributed by atoms with Gasteiger partial charge in [0, 0.05) is 28.4 Å². The molecule has 2 amide bonds. The third kappa shape index (κ3) is 6.03. The van der Waals surface area contributed by atoms with Gasteiger partial charge in [0.05, 0.1) is 18.8 Å². The fourth-order valence-electron chi connectivity index (χ4n) is 10.4. The molecule has 0 radical (unpaired) electrons. The number of halogens is 5. The highest BCUT2D eigenvalue weighted by Gasteiger charge is 2.68. The molecule has 2 atom stereocenters. The molecule has 2 saturated carbocycles. The van der Waals surface area contributed by atoms with Crippen LogP contribution < -0.4 is 11.5 Å². The number of carbonyl (C=O) groups excluding carboxylic acids is 2. The summed E-state index contributed by atoms with van der Waals surface area (Å²) in [6.45, 7) is 5.56. The van der Waals surface area contributed by atoms with Crippen LogP contribution in [0.4, 0.5) is 23.2 Å². The summed E-state index contributed by atoms with van der Waals surface area (Å²) in [7, 11) is 1.63. The van der Waals surface area contributed by atoms with Crippen LogP contribution in [0.2, 0.25) is 0 Å². The molecule has 4 aliphatic carbocycles. The number of carbonyl (C=O) groups is 2. The second-order valence-corrected chi connectivity index (χ2v) is 16.8. The van der Waals surface area contributed by atoms with Crippen LogP contribution in [0.3, 0.4) is 0 Å². The molecule has 8 rings (SSSR count). The number of fused-ring (bicyclic) bond motifs is 6. The van der Waals surface area contributed by atoms with E-state index in [1.165, 1.54) is 9.80 Å². The zero-order chi connectivity index (χ0) is 39.7. The van der Waals surface area contributed by atoms with Crippen molar-refractivity contribution in [2.45, 2.75) is 121 Å². The fraction of sp³-hybridized carbons (Fsp3) is 0.564. The minimum atomic E-state index is -2.80. The minimum absolute atomic E-state index is 0.139. The number of nitrogens with zero attached hydrogens (tertiary/aromatic N) is 5. The molecule has 4 N–H and O–H groups in total. The van der Waals surface area contributed by atoms with Crippen molar-refractivity contribution in [3.63, 3.8) is 0 Å². The first-order valence-corrected chi connectivity index (χ1v) is 19.3. The number of rotatable bonds is 5. The van der Waals surface area contributed by atoms with E-state index >= 15 is 0 Å². The van der Waals surface area contributed by atoms with Gasteiger partial charge < -0.3 is 20.9 Å². The van der Waals surface area contributed by atoms with Crippen LogP contribution in [0.25, 0.3) is 4.85 Å². The Labute approximate surface area is 325 Å². The Balaban J connectivity index is 0.000000170. The van der Waals surface area contributed by atoms with Crippen molar-refractivity contribution in [2.24, 2.45) is 32.3 Å². The van der Waals surface area contributed by atoms with Gasteiger partial charge in [0.1, 0.15) is 0 Å². The first kappa shape index (κ1) is 39.2. The van der Waals surface area contributed by atoms with Crippen LogP contribution in [0, 0.1) is 17.4 Å². The monoisotopic (exact) mass is 829 g/mol. The number of amides is 2. The maximum atomic E-state index is 13.8. The van der Waals surface area contributed by atoms with E-state index in [-0.39, 0.29) is 29.8 Å². The molecule has 4 spiro atoms. The molecule has 16 heteroatoms. The number of benzene rings is 2. The number of aliphatic imine (C=N–C) groups is 2. The number of nitrogens with two attached hydrogens (primary N) is 2. The van der Waals surface area contributed by atoms with Gasteiger partial charge in [0.15, 0.2) is 28.7 Å². The van der Waals surface area contributed by atoms with Gasteiger partial charge in [-0.3, -0.25) is 19.4 Å². The maximum Gasteiger partial charge on any atom is 0.345 e. The molecule has 2 heterocycles. The minimum Gasteiger partial charge on any atom is -0.369 e. The van der Waals surface area contributed by atoms with Gasteiger partial charge in [0.25, 0.3) is 11.8 Å². The van der Waals surface area contributed by atoms with Crippen molar-refractivity contribution >= 4 is 45.4 Å². The molecule has 6 aliphatic rings. The predicted molar refractivity (Wildman–Crippen MR) is 199 cm³/mol. The van der Waals surface area contributed by atoms with E-state index in [4.69, 9.17) is 32.5 Å². The van der Waals surface area contributed by atoms with E-state index in [0.29, 0.717) is 69.9 Å². The Morgan fingerprint density at radius 3 is 1.71 bits per heavy atom. The topological polar surface area (TPSA) is 140 Å². The third-order valence-corrected chi connectivity index (χ3v) is 13.3. The molecular weight excluding hydrogens is 786 g/mol. The average molecular weight is 831 g/mol. The summed E-state index contributed by atoms with van der Waals surface area (Å²) >= 11 is 3.49. The van der Waals surface area contributed by atoms with Crippen LogP contribution in [0.5, 0.6) is 0 Å². The second-order valence-electron chi connectivity index (χ2n) is 15.9. The van der Waals surface area contributed by atoms with Crippen molar-refractivity contribution in [1.82, 2.24) is 9.80 Å². The van der Waals surface area contributed by atoms with Crippen LogP contribution in [-0.4, -0.2) is 72.1 Å². The molecule has 2 fully saturated rings. The third-order valence-electron chi connectivity index (χ3n) is 12.9. The Kier molecular flexibility index (Phi) is 10.1. The highest BCUT2D eigenvalue weighted by molar-refractivity contribution is 9.10. The van der Waals surface area contributed by atoms with E-state index in [1.807, 2.05) is 38.1 Å². The SMILES string of the molecule is CN1C(=O)C2(N=C1N)c1cc(Br)ccc1CC21CCC(OC(F)F)CC1.[C-]#[N+]c1ccc2c(c1)C1(N=C(N)N(C(C)C)C1=O)C1(CCC(OC(F)F)CC1)C2. The van der Waals surface area contributed by atoms with Gasteiger partial charge >= 0.3 is 13.2 Å². The van der Waals surface area contributed by atoms with E-state index in [1.54, 1.807) is 19.2 Å². The van der Waals surface area contributed by atoms with Crippen molar-refractivity contribution in [1.29, 1.82) is 0 Å². The van der Waals surface area contributed by atoms with Gasteiger partial charge in [-0.2, -0.15) is 17.6 Å². The van der Waals surface area contributed by atoms with Crippen molar-refractivity contribution in [3.05, 3.63) is 74.5 Å². The lowest BCUT2D eigenvalue weighted by Crippen LogP contribution is -2.53. The summed E-state index contributed by atoms with van der Waals surface area (Å²) < 4.78 is 60.9. The Morgan fingerprint density at radius 2 is 1.27 bits per heavy atom. The molecule has 55 heavy (non-hydrogen) atoms. The maximum absolute atomic E-state index is 13.8. The normalized spacial score (nSPS) is 32.2. The number of alkyl halides is 4. The first-order valence-electron chi connectivity index (χ1n) is 18.5. The summed E-state index contributed by atoms with van der Waals surface area (Å²) in [6.07, 6.45) is 4.34. The number of hydrogen-bond donors (Lipinski definition) is 2. The average Bonchev–Trinajstić information content (AvgIpc) is 3.75. The number of likely N-dealkylation sites (N-methyl/N-ethyl adjacent to an activating group) is 1. The van der Waals surface area contributed by atoms with Gasteiger partial charge in [-0.05, 0) is 112 Å². The Bertz CT molecular complexity index is 1990. The molecule has 2 aromatic carbocycles. The summed E-state index contributed by atoms with van der Waals surface area (Å²) in [6, 6.07) is 11.1. The largest absolute Gasteiger partial charge is 0.369 e. The first-order chi connectivity index (χ1) is 26.0. The van der Waals surface area contributed by atoms with E-state index in [0.717, 1.165) is 26.7 Å². The molecule has 0 bridgehead atoms. The zero-order valence-electron chi connectivity index (χ0n) is 30.8. The summed E-state index contributed by atoms with van der Waals surface area (Å²) in [5.74, 6) is 0.0590. The Morgan fingerprint density at radius 1 is 0.800 bits per heavy atom. The highest BCUT2D eigenvalue weighted by Crippen LogP contribution is 2.64. The van der Waals surface area contributed by atoms with Gasteiger partial charge in [-0.25, -0.2) is 14.8 Å². The summed E-state index contributed by atoms with van der Waals surface area (Å²) in [5, 5.41) is 0. The van der Waals surface area contributed by atoms with Crippen LogP contribution >= 0.6 is 15.9 Å². The lowest BCUT2D eigenvalue weighted by molar-refractivity contribution is -0.179. The number of hydrogen-bond acceptors (Lipinski definition) is 8. The number of guanidine groups is 2. The molecule has 11 nitrogen and oxygen atoms in total. The van der Waals surface area contributed by atoms with E-state index < -0.39 is 47.3 Å². The summed E-state index contributed by atoms with van der Waals surface area (Å²) in [4.78, 5) is 43.0. The van der Waals surface area contributed by atoms with Crippen molar-refractivity contribution in [2.75, 3.05) is 7.05 Å². The molecule has 2 aliphatic heterocycles. The lowest BCUT2D eigenvalue weighted by atomic mass is 9.61. The van der Waals surface area contributed by atoms with E-state index in [9.17, 15) is 27.2 Å². The van der Waals surface area contributed by atoms with Gasteiger partial charge in [0.2, 0.25) is 0 Å². The standard InChI is InChI=1S/C21H24F2N4O2.C18H20BrF2N3O2/c1-12(2)27-17(28)21(26-19(27)24)16-10-14(25-3)5-4-13(16)11-20(21)8-6-15(7-9-20)29-18(22)23;1-24-14(25)18(23-16(24)22)13-8-11(19)3-2-10(13)9-17(18)6-4-12(5-7-17)26-15(20)21/h4-5,10,12,15,18H,6-9,11H2,1-2H3,(H2,24,26);2-3,8,12,15H,4-7,9H2,1H3,(H2,22,23). The zero-order valence-corrected chi connectivity index (χ0v) is 32.4. The molecule has 0 aromatic heterocycles. The van der Waals surface area contributed by atoms with Crippen molar-refractivity contribution < 1.29 is 36.6 Å². The van der Waals surface area contributed by atoms with Crippen molar-refractivity contribution in [3.8, 4) is 0 Å². The summed E-state index contributed by atoms with van der Waals surface area (Å²) in [5.41, 5.74) is 13.0. The van der Waals surface area contributed by atoms with Gasteiger partial charge in [-0.15, -0.1) is 0 Å². The smallest absolute Gasteiger partial charge is 0.345 e. The Hall–Kier alpha value is -4.07. The second kappa shape index (κ2) is 14.1. The number of ether oxygens (including phenoxy) is 2. The molecule has 0 saturated heterocycles. The lowest BCUT2D eigenvalue weighted by Gasteiger charge is -2.45.